The van der Waals surface area contributed by atoms with Gasteiger partial charge in [-0.25, -0.2) is 16.8 Å². The minimum Gasteiger partial charge on any atom is -0.652 e. The van der Waals surface area contributed by atoms with Crippen molar-refractivity contribution in [3.05, 3.63) is 81.7 Å². The van der Waals surface area contributed by atoms with Crippen LogP contribution in [0.5, 0.6) is 5.75 Å². The van der Waals surface area contributed by atoms with E-state index in [1.807, 2.05) is 0 Å². The number of nitro benzene ring substituents is 1. The van der Waals surface area contributed by atoms with Gasteiger partial charge in [0.15, 0.2) is 0 Å². The van der Waals surface area contributed by atoms with E-state index < -0.39 is 35.6 Å². The van der Waals surface area contributed by atoms with Crippen molar-refractivity contribution in [3.63, 3.8) is 0 Å². The Bertz CT molecular complexity index is 1490. The SMILES string of the molecule is Cc1cc(N=Nc2ccc([N-]c3ccc(S(=O)(=O)NS(C)(=O)=O)cc3[N+](=O)[O-])cc2)ccc1O.[Na+]. The van der Waals surface area contributed by atoms with Crippen LogP contribution in [0.1, 0.15) is 5.56 Å². The number of aromatic hydroxyl groups is 1. The summed E-state index contributed by atoms with van der Waals surface area (Å²) in [7, 11) is -8.64. The maximum atomic E-state index is 12.2. The molecule has 0 fully saturated rings. The summed E-state index contributed by atoms with van der Waals surface area (Å²) in [4.78, 5) is 10.1. The molecule has 0 saturated heterocycles. The maximum Gasteiger partial charge on any atom is 1.00 e. The van der Waals surface area contributed by atoms with Gasteiger partial charge in [-0.3, -0.25) is 10.1 Å². The van der Waals surface area contributed by atoms with Gasteiger partial charge in [0.2, 0.25) is 10.0 Å². The standard InChI is InChI=1S/C20H18N5O7S2.Na/c1-13-11-16(7-10-20(13)26)23-22-15-5-3-14(4-6-15)21-18-9-8-17(12-19(18)25(27)28)34(31,32)24-33(2,29)30;/h3-12,24H,1-2H3,(H-,21,22,23,26);/q-1;+1. The van der Waals surface area contributed by atoms with Crippen molar-refractivity contribution in [2.75, 3.05) is 6.26 Å². The van der Waals surface area contributed by atoms with Gasteiger partial charge in [-0.15, -0.1) is 9.81 Å². The number of hydrogen-bond donors (Lipinski definition) is 2. The summed E-state index contributed by atoms with van der Waals surface area (Å²) >= 11 is 0. The largest absolute Gasteiger partial charge is 1.00 e. The molecule has 0 atom stereocenters. The van der Waals surface area contributed by atoms with E-state index in [-0.39, 0.29) is 41.0 Å². The molecule has 0 spiro atoms. The maximum absolute atomic E-state index is 12.2. The van der Waals surface area contributed by atoms with Crippen LogP contribution in [0, 0.1) is 17.0 Å². The van der Waals surface area contributed by atoms with Crippen LogP contribution in [0.4, 0.5) is 28.4 Å². The van der Waals surface area contributed by atoms with Crippen molar-refractivity contribution in [2.45, 2.75) is 11.8 Å². The molecule has 0 aliphatic rings. The number of benzene rings is 3. The smallest absolute Gasteiger partial charge is 0.652 e. The third-order valence-electron chi connectivity index (χ3n) is 4.28. The Morgan fingerprint density at radius 2 is 1.54 bits per heavy atom. The summed E-state index contributed by atoms with van der Waals surface area (Å²) in [6, 6.07) is 13.9. The molecule has 15 heteroatoms. The van der Waals surface area contributed by atoms with Gasteiger partial charge >= 0.3 is 29.6 Å². The van der Waals surface area contributed by atoms with Gasteiger partial charge < -0.3 is 10.4 Å². The van der Waals surface area contributed by atoms with Gasteiger partial charge in [-0.1, -0.05) is 23.9 Å². The van der Waals surface area contributed by atoms with Gasteiger partial charge in [0.05, 0.1) is 27.4 Å². The fraction of sp³-hybridized carbons (Fsp3) is 0.100. The number of phenolic OH excluding ortho intramolecular Hbond substituents is 1. The van der Waals surface area contributed by atoms with Crippen molar-refractivity contribution in [3.8, 4) is 5.75 Å². The molecule has 0 aliphatic carbocycles. The molecular weight excluding hydrogens is 509 g/mol. The van der Waals surface area contributed by atoms with E-state index in [0.717, 1.165) is 18.2 Å². The molecule has 2 N–H and O–H groups in total. The van der Waals surface area contributed by atoms with Crippen LogP contribution in [0.2, 0.25) is 0 Å². The fourth-order valence-corrected chi connectivity index (χ4v) is 5.20. The second kappa shape index (κ2) is 11.2. The van der Waals surface area contributed by atoms with Crippen LogP contribution in [-0.2, 0) is 20.0 Å². The van der Waals surface area contributed by atoms with Crippen LogP contribution in [-0.4, -0.2) is 33.1 Å². The first-order valence-electron chi connectivity index (χ1n) is 9.39. The van der Waals surface area contributed by atoms with Crippen LogP contribution >= 0.6 is 0 Å². The topological polar surface area (TPSA) is 182 Å². The van der Waals surface area contributed by atoms with Crippen LogP contribution in [0.25, 0.3) is 5.32 Å². The van der Waals surface area contributed by atoms with Gasteiger partial charge in [-0.2, -0.15) is 10.2 Å². The van der Waals surface area contributed by atoms with Crippen LogP contribution in [0.3, 0.4) is 0 Å². The normalized spacial score (nSPS) is 11.7. The molecule has 0 saturated carbocycles. The first kappa shape index (κ1) is 28.4. The molecule has 3 aromatic carbocycles. The summed E-state index contributed by atoms with van der Waals surface area (Å²) in [5, 5.41) is 33.3. The molecule has 178 valence electrons. The predicted octanol–water partition coefficient (Wildman–Crippen LogP) is 1.60. The number of nitrogens with one attached hydrogen (secondary N) is 1. The molecule has 0 unspecified atom stereocenters. The Morgan fingerprint density at radius 1 is 0.943 bits per heavy atom. The van der Waals surface area contributed by atoms with Crippen molar-refractivity contribution in [2.24, 2.45) is 10.2 Å². The predicted molar refractivity (Wildman–Crippen MR) is 124 cm³/mol. The zero-order valence-electron chi connectivity index (χ0n) is 18.8. The molecule has 0 heterocycles. The number of nitro groups is 1. The Kier molecular flexibility index (Phi) is 9.11. The third kappa shape index (κ3) is 7.81. The molecular formula is C20H18N5NaO7S2. The average Bonchev–Trinajstić information content (AvgIpc) is 2.74. The Balaban J connectivity index is 0.00000432. The Morgan fingerprint density at radius 3 is 2.11 bits per heavy atom. The third-order valence-corrected chi connectivity index (χ3v) is 7.24. The van der Waals surface area contributed by atoms with E-state index in [1.165, 1.54) is 22.3 Å². The monoisotopic (exact) mass is 527 g/mol. The van der Waals surface area contributed by atoms with E-state index in [1.54, 1.807) is 31.2 Å². The minimum atomic E-state index is -4.52. The van der Waals surface area contributed by atoms with Gasteiger partial charge in [0, 0.05) is 6.07 Å². The quantitative estimate of drug-likeness (QED) is 0.193. The summed E-state index contributed by atoms with van der Waals surface area (Å²) in [5.74, 6) is 0.149. The number of hydrogen-bond acceptors (Lipinski definition) is 9. The summed E-state index contributed by atoms with van der Waals surface area (Å²) in [6.07, 6.45) is 0.650. The second-order valence-electron chi connectivity index (χ2n) is 7.07. The first-order chi connectivity index (χ1) is 15.8. The minimum absolute atomic E-state index is 0. The van der Waals surface area contributed by atoms with Gasteiger partial charge in [0.25, 0.3) is 15.7 Å². The van der Waals surface area contributed by atoms with Crippen molar-refractivity contribution in [1.82, 2.24) is 4.13 Å². The zero-order valence-corrected chi connectivity index (χ0v) is 22.4. The molecule has 0 amide bonds. The van der Waals surface area contributed by atoms with Crippen LogP contribution in [0.15, 0.2) is 75.8 Å². The fourth-order valence-electron chi connectivity index (χ4n) is 2.71. The number of aryl methyl sites for hydroxylation is 1. The number of nitrogens with zero attached hydrogens (tertiary/aromatic N) is 4. The van der Waals surface area contributed by atoms with Crippen LogP contribution < -0.4 is 33.7 Å². The van der Waals surface area contributed by atoms with E-state index in [2.05, 4.69) is 15.5 Å². The van der Waals surface area contributed by atoms with E-state index in [4.69, 9.17) is 0 Å². The second-order valence-corrected chi connectivity index (χ2v) is 10.8. The average molecular weight is 528 g/mol. The molecule has 0 radical (unpaired) electrons. The van der Waals surface area contributed by atoms with Crippen molar-refractivity contribution >= 4 is 48.5 Å². The number of azo groups is 1. The number of phenols is 1. The molecule has 0 aliphatic heterocycles. The van der Waals surface area contributed by atoms with Gasteiger partial charge in [-0.05, 0) is 48.9 Å². The van der Waals surface area contributed by atoms with Crippen molar-refractivity contribution < 1.29 is 56.4 Å². The van der Waals surface area contributed by atoms with Crippen molar-refractivity contribution in [1.29, 1.82) is 0 Å². The molecule has 3 aromatic rings. The molecule has 0 aromatic heterocycles. The molecule has 35 heavy (non-hydrogen) atoms. The first-order valence-corrected chi connectivity index (χ1v) is 12.8. The van der Waals surface area contributed by atoms with E-state index >= 15 is 0 Å². The van der Waals surface area contributed by atoms with E-state index in [9.17, 15) is 32.1 Å². The molecule has 3 rings (SSSR count). The molecule has 12 nitrogen and oxygen atoms in total. The zero-order chi connectivity index (χ0) is 25.1. The Labute approximate surface area is 223 Å². The molecule has 0 bridgehead atoms. The van der Waals surface area contributed by atoms with E-state index in [0.29, 0.717) is 28.9 Å². The summed E-state index contributed by atoms with van der Waals surface area (Å²) in [5.41, 5.74) is 1.25. The van der Waals surface area contributed by atoms with Gasteiger partial charge in [0.1, 0.15) is 5.75 Å². The number of sulfonamides is 2. The number of rotatable bonds is 8. The summed E-state index contributed by atoms with van der Waals surface area (Å²) < 4.78 is 48.3. The Hall–Kier alpha value is -2.88. The summed E-state index contributed by atoms with van der Waals surface area (Å²) in [6.45, 7) is 1.73.